The Hall–Kier alpha value is -0.900. The number of hydrogen-bond donors (Lipinski definition) is 2. The Kier molecular flexibility index (Phi) is 3.63. The minimum atomic E-state index is -0.779. The molecule has 3 nitrogen and oxygen atoms in total. The van der Waals surface area contributed by atoms with E-state index < -0.39 is 6.10 Å². The van der Waals surface area contributed by atoms with Crippen LogP contribution in [0.4, 0.5) is 0 Å². The van der Waals surface area contributed by atoms with E-state index in [1.807, 2.05) is 0 Å². The zero-order chi connectivity index (χ0) is 10.7. The molecule has 1 aromatic carbocycles. The van der Waals surface area contributed by atoms with Crippen LogP contribution in [-0.2, 0) is 6.61 Å². The number of benzene rings is 1. The van der Waals surface area contributed by atoms with Gasteiger partial charge in [-0.3, -0.25) is 4.79 Å². The van der Waals surface area contributed by atoms with Crippen molar-refractivity contribution in [2.75, 3.05) is 0 Å². The van der Waals surface area contributed by atoms with Crippen LogP contribution < -0.4 is 0 Å². The standard InChI is InChI=1S/C10H11ClO3/c1-6(14)9-3-8(11)2-7(4-12)10(9)5-13/h2-3,5-6,12,14H,4H2,1H3. The van der Waals surface area contributed by atoms with E-state index in [1.54, 1.807) is 6.92 Å². The molecule has 0 bridgehead atoms. The molecule has 0 aromatic heterocycles. The fourth-order valence-corrected chi connectivity index (χ4v) is 1.57. The number of aliphatic hydroxyl groups excluding tert-OH is 2. The molecule has 1 aromatic rings. The second kappa shape index (κ2) is 4.55. The van der Waals surface area contributed by atoms with Crippen LogP contribution in [0.3, 0.4) is 0 Å². The molecule has 0 fully saturated rings. The average Bonchev–Trinajstić information content (AvgIpc) is 2.16. The maximum atomic E-state index is 10.8. The van der Waals surface area contributed by atoms with Crippen molar-refractivity contribution >= 4 is 17.9 Å². The lowest BCUT2D eigenvalue weighted by Crippen LogP contribution is -2.02. The van der Waals surface area contributed by atoms with Gasteiger partial charge in [-0.25, -0.2) is 0 Å². The van der Waals surface area contributed by atoms with Gasteiger partial charge >= 0.3 is 0 Å². The molecule has 1 unspecified atom stereocenters. The Bertz CT molecular complexity index is 347. The summed E-state index contributed by atoms with van der Waals surface area (Å²) in [7, 11) is 0. The van der Waals surface area contributed by atoms with Gasteiger partial charge in [-0.1, -0.05) is 11.6 Å². The van der Waals surface area contributed by atoms with Gasteiger partial charge in [-0.2, -0.15) is 0 Å². The van der Waals surface area contributed by atoms with E-state index in [9.17, 15) is 9.90 Å². The molecule has 0 amide bonds. The van der Waals surface area contributed by atoms with Crippen LogP contribution in [0, 0.1) is 0 Å². The van der Waals surface area contributed by atoms with E-state index in [2.05, 4.69) is 0 Å². The lowest BCUT2D eigenvalue weighted by Gasteiger charge is -2.11. The number of halogens is 1. The second-order valence-corrected chi connectivity index (χ2v) is 3.46. The fraction of sp³-hybridized carbons (Fsp3) is 0.300. The molecule has 2 N–H and O–H groups in total. The number of carbonyl (C=O) groups excluding carboxylic acids is 1. The highest BCUT2D eigenvalue weighted by Gasteiger charge is 2.12. The van der Waals surface area contributed by atoms with E-state index in [0.717, 1.165) is 0 Å². The van der Waals surface area contributed by atoms with Gasteiger partial charge in [0.05, 0.1) is 12.7 Å². The highest BCUT2D eigenvalue weighted by Crippen LogP contribution is 2.24. The first-order chi connectivity index (χ1) is 6.60. The molecule has 0 saturated heterocycles. The summed E-state index contributed by atoms with van der Waals surface area (Å²) in [5.41, 5.74) is 1.19. The number of hydrogen-bond acceptors (Lipinski definition) is 3. The smallest absolute Gasteiger partial charge is 0.150 e. The van der Waals surface area contributed by atoms with E-state index in [4.69, 9.17) is 16.7 Å². The maximum absolute atomic E-state index is 10.8. The van der Waals surface area contributed by atoms with Gasteiger partial charge in [0, 0.05) is 10.6 Å². The first kappa shape index (κ1) is 11.2. The molecular weight excluding hydrogens is 204 g/mol. The molecule has 0 aliphatic carbocycles. The third-order valence-electron chi connectivity index (χ3n) is 2.00. The number of aliphatic hydroxyl groups is 2. The van der Waals surface area contributed by atoms with Gasteiger partial charge < -0.3 is 10.2 Å². The molecule has 4 heteroatoms. The largest absolute Gasteiger partial charge is 0.392 e. The molecule has 14 heavy (non-hydrogen) atoms. The van der Waals surface area contributed by atoms with Crippen molar-refractivity contribution in [1.29, 1.82) is 0 Å². The van der Waals surface area contributed by atoms with Crippen LogP contribution >= 0.6 is 11.6 Å². The molecule has 0 spiro atoms. The molecule has 0 aliphatic rings. The molecule has 0 radical (unpaired) electrons. The lowest BCUT2D eigenvalue weighted by molar-refractivity contribution is 0.111. The number of rotatable bonds is 3. The molecular formula is C10H11ClO3. The van der Waals surface area contributed by atoms with Crippen molar-refractivity contribution in [3.05, 3.63) is 33.8 Å². The highest BCUT2D eigenvalue weighted by atomic mass is 35.5. The minimum absolute atomic E-state index is 0.269. The summed E-state index contributed by atoms with van der Waals surface area (Å²) in [4.78, 5) is 10.8. The Morgan fingerprint density at radius 1 is 1.57 bits per heavy atom. The monoisotopic (exact) mass is 214 g/mol. The summed E-state index contributed by atoms with van der Waals surface area (Å²) in [6.07, 6.45) is -0.164. The van der Waals surface area contributed by atoms with Crippen molar-refractivity contribution in [3.8, 4) is 0 Å². The van der Waals surface area contributed by atoms with Crippen molar-refractivity contribution in [3.63, 3.8) is 0 Å². The maximum Gasteiger partial charge on any atom is 0.150 e. The summed E-state index contributed by atoms with van der Waals surface area (Å²) in [5, 5.41) is 18.8. The van der Waals surface area contributed by atoms with Crippen molar-refractivity contribution in [2.45, 2.75) is 19.6 Å². The van der Waals surface area contributed by atoms with Crippen LogP contribution in [0.15, 0.2) is 12.1 Å². The summed E-state index contributed by atoms with van der Waals surface area (Å²) < 4.78 is 0. The molecule has 0 aliphatic heterocycles. The Morgan fingerprint density at radius 2 is 2.21 bits per heavy atom. The van der Waals surface area contributed by atoms with Crippen molar-refractivity contribution in [2.24, 2.45) is 0 Å². The number of aldehydes is 1. The van der Waals surface area contributed by atoms with E-state index in [-0.39, 0.29) is 6.61 Å². The predicted octanol–water partition coefficient (Wildman–Crippen LogP) is 1.70. The zero-order valence-electron chi connectivity index (χ0n) is 7.70. The van der Waals surface area contributed by atoms with Gasteiger partial charge in [0.25, 0.3) is 0 Å². The fourth-order valence-electron chi connectivity index (χ4n) is 1.32. The first-order valence-electron chi connectivity index (χ1n) is 4.16. The molecule has 1 atom stereocenters. The average molecular weight is 215 g/mol. The SMILES string of the molecule is CC(O)c1cc(Cl)cc(CO)c1C=O. The van der Waals surface area contributed by atoms with E-state index in [1.165, 1.54) is 12.1 Å². The second-order valence-electron chi connectivity index (χ2n) is 3.02. The van der Waals surface area contributed by atoms with Crippen LogP contribution in [0.5, 0.6) is 0 Å². The molecule has 0 saturated carbocycles. The topological polar surface area (TPSA) is 57.5 Å². The van der Waals surface area contributed by atoms with Gasteiger partial charge in [-0.05, 0) is 30.2 Å². The third kappa shape index (κ3) is 2.12. The van der Waals surface area contributed by atoms with Crippen LogP contribution in [-0.4, -0.2) is 16.5 Å². The van der Waals surface area contributed by atoms with Gasteiger partial charge in [-0.15, -0.1) is 0 Å². The molecule has 76 valence electrons. The highest BCUT2D eigenvalue weighted by molar-refractivity contribution is 6.30. The van der Waals surface area contributed by atoms with Crippen molar-refractivity contribution < 1.29 is 15.0 Å². The predicted molar refractivity (Wildman–Crippen MR) is 53.4 cm³/mol. The number of carbonyl (C=O) groups is 1. The summed E-state index contributed by atoms with van der Waals surface area (Å²) in [5.74, 6) is 0. The normalized spacial score (nSPS) is 12.6. The van der Waals surface area contributed by atoms with E-state index >= 15 is 0 Å². The molecule has 1 rings (SSSR count). The van der Waals surface area contributed by atoms with Crippen molar-refractivity contribution in [1.82, 2.24) is 0 Å². The van der Waals surface area contributed by atoms with Gasteiger partial charge in [0.1, 0.15) is 0 Å². The minimum Gasteiger partial charge on any atom is -0.392 e. The van der Waals surface area contributed by atoms with Crippen LogP contribution in [0.25, 0.3) is 0 Å². The Morgan fingerprint density at radius 3 is 2.64 bits per heavy atom. The van der Waals surface area contributed by atoms with E-state index in [0.29, 0.717) is 28.0 Å². The van der Waals surface area contributed by atoms with Gasteiger partial charge in [0.2, 0.25) is 0 Å². The van der Waals surface area contributed by atoms with Crippen LogP contribution in [0.1, 0.15) is 34.5 Å². The Labute approximate surface area is 86.9 Å². The molecule has 0 heterocycles. The third-order valence-corrected chi connectivity index (χ3v) is 2.22. The summed E-state index contributed by atoms with van der Waals surface area (Å²) in [6, 6.07) is 3.03. The Balaban J connectivity index is 3.39. The van der Waals surface area contributed by atoms with Crippen LogP contribution in [0.2, 0.25) is 5.02 Å². The lowest BCUT2D eigenvalue weighted by atomic mass is 9.99. The first-order valence-corrected chi connectivity index (χ1v) is 4.54. The summed E-state index contributed by atoms with van der Waals surface area (Å²) in [6.45, 7) is 1.27. The quantitative estimate of drug-likeness (QED) is 0.753. The van der Waals surface area contributed by atoms with Gasteiger partial charge in [0.15, 0.2) is 6.29 Å². The summed E-state index contributed by atoms with van der Waals surface area (Å²) >= 11 is 5.76. The zero-order valence-corrected chi connectivity index (χ0v) is 8.45.